The van der Waals surface area contributed by atoms with Crippen molar-refractivity contribution >= 4 is 5.91 Å². The molecule has 0 atom stereocenters. The smallest absolute Gasteiger partial charge is 0.254 e. The van der Waals surface area contributed by atoms with Gasteiger partial charge in [0.2, 0.25) is 0 Å². The standard InChI is InChI=1S/C17H25N3O2/c1-2-3-13-10-18-20(11-13)15-4-6-19(7-5-15)16(21)17-8-14(9-17)12-22-17/h10-11,14-15H,2-9,12H2,1H3. The summed E-state index contributed by atoms with van der Waals surface area (Å²) in [6, 6.07) is 0.436. The second-order valence-corrected chi connectivity index (χ2v) is 7.18. The van der Waals surface area contributed by atoms with Crippen LogP contribution in [-0.2, 0) is 16.0 Å². The van der Waals surface area contributed by atoms with E-state index in [0.717, 1.165) is 58.2 Å². The van der Waals surface area contributed by atoms with E-state index in [9.17, 15) is 4.79 Å². The van der Waals surface area contributed by atoms with Crippen molar-refractivity contribution in [3.8, 4) is 0 Å². The average Bonchev–Trinajstić information content (AvgIpc) is 3.22. The van der Waals surface area contributed by atoms with Gasteiger partial charge in [0.15, 0.2) is 0 Å². The number of carbonyl (C=O) groups excluding carboxylic acids is 1. The molecule has 120 valence electrons. The summed E-state index contributed by atoms with van der Waals surface area (Å²) in [6.45, 7) is 4.65. The largest absolute Gasteiger partial charge is 0.365 e. The molecule has 3 saturated heterocycles. The number of carbonyl (C=O) groups is 1. The highest BCUT2D eigenvalue weighted by Crippen LogP contribution is 2.49. The molecule has 3 aliphatic heterocycles. The molecule has 1 aliphatic carbocycles. The second-order valence-electron chi connectivity index (χ2n) is 7.18. The fourth-order valence-corrected chi connectivity index (χ4v) is 4.24. The Balaban J connectivity index is 1.35. The minimum absolute atomic E-state index is 0.242. The van der Waals surface area contributed by atoms with Crippen molar-refractivity contribution in [3.63, 3.8) is 0 Å². The van der Waals surface area contributed by atoms with Crippen LogP contribution >= 0.6 is 0 Å². The van der Waals surface area contributed by atoms with Gasteiger partial charge in [0.05, 0.1) is 18.8 Å². The van der Waals surface area contributed by atoms with Gasteiger partial charge in [0.1, 0.15) is 5.60 Å². The zero-order chi connectivity index (χ0) is 15.2. The maximum absolute atomic E-state index is 12.7. The van der Waals surface area contributed by atoms with Gasteiger partial charge >= 0.3 is 0 Å². The van der Waals surface area contributed by atoms with Gasteiger partial charge in [-0.15, -0.1) is 0 Å². The topological polar surface area (TPSA) is 47.4 Å². The lowest BCUT2D eigenvalue weighted by molar-refractivity contribution is -0.156. The molecule has 5 rings (SSSR count). The molecule has 5 nitrogen and oxygen atoms in total. The van der Waals surface area contributed by atoms with Gasteiger partial charge in [0.25, 0.3) is 5.91 Å². The molecule has 0 radical (unpaired) electrons. The highest BCUT2D eigenvalue weighted by Gasteiger charge is 2.58. The van der Waals surface area contributed by atoms with Crippen LogP contribution in [0.5, 0.6) is 0 Å². The summed E-state index contributed by atoms with van der Waals surface area (Å²) in [4.78, 5) is 14.7. The molecule has 0 N–H and O–H groups in total. The SMILES string of the molecule is CCCc1cnn(C2CCN(C(=O)C34CC(CO3)C4)CC2)c1. The Hall–Kier alpha value is -1.36. The Morgan fingerprint density at radius 2 is 2.18 bits per heavy atom. The first-order valence-electron chi connectivity index (χ1n) is 8.66. The first kappa shape index (κ1) is 14.2. The molecule has 4 fully saturated rings. The number of nitrogens with zero attached hydrogens (tertiary/aromatic N) is 3. The second kappa shape index (κ2) is 5.37. The minimum Gasteiger partial charge on any atom is -0.365 e. The highest BCUT2D eigenvalue weighted by molar-refractivity contribution is 5.87. The molecule has 1 aromatic heterocycles. The number of ether oxygens (including phenoxy) is 1. The highest BCUT2D eigenvalue weighted by atomic mass is 16.5. The van der Waals surface area contributed by atoms with E-state index in [0.29, 0.717) is 12.0 Å². The minimum atomic E-state index is -0.433. The Morgan fingerprint density at radius 3 is 2.82 bits per heavy atom. The van der Waals surface area contributed by atoms with Crippen molar-refractivity contribution < 1.29 is 9.53 Å². The van der Waals surface area contributed by atoms with Crippen LogP contribution < -0.4 is 0 Å². The third-order valence-electron chi connectivity index (χ3n) is 5.54. The monoisotopic (exact) mass is 303 g/mol. The number of aryl methyl sites for hydroxylation is 1. The summed E-state index contributed by atoms with van der Waals surface area (Å²) in [5.74, 6) is 0.884. The van der Waals surface area contributed by atoms with Crippen molar-refractivity contribution in [2.75, 3.05) is 19.7 Å². The number of hydrogen-bond donors (Lipinski definition) is 0. The van der Waals surface area contributed by atoms with Gasteiger partial charge in [-0.1, -0.05) is 13.3 Å². The predicted molar refractivity (Wildman–Crippen MR) is 82.5 cm³/mol. The van der Waals surface area contributed by atoms with Crippen molar-refractivity contribution in [1.82, 2.24) is 14.7 Å². The number of hydrogen-bond acceptors (Lipinski definition) is 3. The van der Waals surface area contributed by atoms with Crippen LogP contribution in [0.25, 0.3) is 0 Å². The van der Waals surface area contributed by atoms with E-state index in [1.165, 1.54) is 5.56 Å². The summed E-state index contributed by atoms with van der Waals surface area (Å²) in [6.07, 6.45) is 10.3. The zero-order valence-electron chi connectivity index (χ0n) is 13.3. The number of amides is 1. The van der Waals surface area contributed by atoms with E-state index in [2.05, 4.69) is 22.9 Å². The fourth-order valence-electron chi connectivity index (χ4n) is 4.24. The van der Waals surface area contributed by atoms with Crippen molar-refractivity contribution in [2.45, 2.75) is 57.1 Å². The molecule has 0 unspecified atom stereocenters. The zero-order valence-corrected chi connectivity index (χ0v) is 13.3. The van der Waals surface area contributed by atoms with Crippen molar-refractivity contribution in [2.24, 2.45) is 5.92 Å². The van der Waals surface area contributed by atoms with Crippen molar-refractivity contribution in [3.05, 3.63) is 18.0 Å². The van der Waals surface area contributed by atoms with Crippen LogP contribution in [0.1, 0.15) is 50.6 Å². The number of fused-ring (bicyclic) bond motifs is 1. The van der Waals surface area contributed by atoms with Gasteiger partial charge in [-0.25, -0.2) is 0 Å². The summed E-state index contributed by atoms with van der Waals surface area (Å²) in [5, 5.41) is 4.52. The quantitative estimate of drug-likeness (QED) is 0.856. The normalized spacial score (nSPS) is 31.3. The molecule has 0 aromatic carbocycles. The number of rotatable bonds is 4. The van der Waals surface area contributed by atoms with E-state index >= 15 is 0 Å². The number of likely N-dealkylation sites (tertiary alicyclic amines) is 1. The molecule has 5 heteroatoms. The molecule has 4 aliphatic rings. The van der Waals surface area contributed by atoms with E-state index in [1.807, 2.05) is 11.1 Å². The molecular weight excluding hydrogens is 278 g/mol. The summed E-state index contributed by atoms with van der Waals surface area (Å²) < 4.78 is 7.87. The molecule has 1 saturated carbocycles. The number of piperidine rings is 1. The molecule has 4 heterocycles. The van der Waals surface area contributed by atoms with E-state index in [-0.39, 0.29) is 5.91 Å². The van der Waals surface area contributed by atoms with Crippen LogP contribution in [0, 0.1) is 5.92 Å². The lowest BCUT2D eigenvalue weighted by atomic mass is 9.73. The van der Waals surface area contributed by atoms with Gasteiger partial charge in [-0.05, 0) is 43.6 Å². The summed E-state index contributed by atoms with van der Waals surface area (Å²) in [5.41, 5.74) is 0.886. The maximum atomic E-state index is 12.7. The van der Waals surface area contributed by atoms with Crippen LogP contribution in [0.2, 0.25) is 0 Å². The first-order valence-corrected chi connectivity index (χ1v) is 8.66. The Morgan fingerprint density at radius 1 is 1.41 bits per heavy atom. The predicted octanol–water partition coefficient (Wildman–Crippen LogP) is 2.18. The van der Waals surface area contributed by atoms with Crippen LogP contribution in [0.15, 0.2) is 12.4 Å². The molecular formula is C17H25N3O2. The fraction of sp³-hybridized carbons (Fsp3) is 0.765. The van der Waals surface area contributed by atoms with E-state index in [1.54, 1.807) is 0 Å². The molecule has 22 heavy (non-hydrogen) atoms. The van der Waals surface area contributed by atoms with E-state index in [4.69, 9.17) is 4.74 Å². The molecule has 1 amide bonds. The Bertz CT molecular complexity index is 548. The molecule has 2 bridgehead atoms. The molecule has 1 aromatic rings. The van der Waals surface area contributed by atoms with Gasteiger partial charge in [0, 0.05) is 19.3 Å². The maximum Gasteiger partial charge on any atom is 0.254 e. The Labute approximate surface area is 131 Å². The molecule has 0 spiro atoms. The Kier molecular flexibility index (Phi) is 3.48. The van der Waals surface area contributed by atoms with Gasteiger partial charge in [-0.3, -0.25) is 9.48 Å². The van der Waals surface area contributed by atoms with Crippen molar-refractivity contribution in [1.29, 1.82) is 0 Å². The van der Waals surface area contributed by atoms with Gasteiger partial charge < -0.3 is 9.64 Å². The first-order chi connectivity index (χ1) is 10.7. The summed E-state index contributed by atoms with van der Waals surface area (Å²) in [7, 11) is 0. The van der Waals surface area contributed by atoms with Crippen LogP contribution in [-0.4, -0.2) is 45.9 Å². The third kappa shape index (κ3) is 2.26. The van der Waals surface area contributed by atoms with Crippen LogP contribution in [0.4, 0.5) is 0 Å². The van der Waals surface area contributed by atoms with Crippen LogP contribution in [0.3, 0.4) is 0 Å². The average molecular weight is 303 g/mol. The lowest BCUT2D eigenvalue weighted by Crippen LogP contribution is -2.54. The lowest BCUT2D eigenvalue weighted by Gasteiger charge is -2.41. The third-order valence-corrected chi connectivity index (χ3v) is 5.54. The summed E-state index contributed by atoms with van der Waals surface area (Å²) >= 11 is 0. The van der Waals surface area contributed by atoms with Gasteiger partial charge in [-0.2, -0.15) is 5.10 Å². The number of aromatic nitrogens is 2. The van der Waals surface area contributed by atoms with E-state index < -0.39 is 5.60 Å².